The Morgan fingerprint density at radius 1 is 1.35 bits per heavy atom. The fraction of sp³-hybridized carbons (Fsp3) is 0.500. The van der Waals surface area contributed by atoms with Crippen molar-refractivity contribution in [2.45, 2.75) is 25.6 Å². The summed E-state index contributed by atoms with van der Waals surface area (Å²) >= 11 is 0. The van der Waals surface area contributed by atoms with E-state index in [-0.39, 0.29) is 48.3 Å². The molecular formula is C14H20F4IN3O. The quantitative estimate of drug-likeness (QED) is 0.313. The van der Waals surface area contributed by atoms with E-state index in [0.717, 1.165) is 0 Å². The van der Waals surface area contributed by atoms with Gasteiger partial charge in [-0.25, -0.2) is 4.39 Å². The van der Waals surface area contributed by atoms with Gasteiger partial charge in [-0.15, -0.1) is 24.0 Å². The van der Waals surface area contributed by atoms with E-state index in [1.54, 1.807) is 13.0 Å². The van der Waals surface area contributed by atoms with Gasteiger partial charge in [0, 0.05) is 13.6 Å². The van der Waals surface area contributed by atoms with Crippen LogP contribution in [0.25, 0.3) is 0 Å². The molecule has 1 aromatic rings. The minimum atomic E-state index is -4.23. The lowest BCUT2D eigenvalue weighted by molar-refractivity contribution is -0.132. The van der Waals surface area contributed by atoms with Crippen molar-refractivity contribution in [2.75, 3.05) is 20.7 Å². The number of hydrogen-bond acceptors (Lipinski definition) is 2. The normalized spacial score (nSPS) is 13.1. The van der Waals surface area contributed by atoms with E-state index in [4.69, 9.17) is 4.74 Å². The molecule has 0 bridgehead atoms. The third-order valence-electron chi connectivity index (χ3n) is 2.95. The summed E-state index contributed by atoms with van der Waals surface area (Å²) in [4.78, 5) is 3.84. The van der Waals surface area contributed by atoms with Gasteiger partial charge >= 0.3 is 6.18 Å². The molecule has 23 heavy (non-hydrogen) atoms. The molecular weight excluding hydrogens is 429 g/mol. The Hall–Kier alpha value is -1.26. The Kier molecular flexibility index (Phi) is 9.25. The standard InChI is InChI=1S/C14H19F4N3O.HI/c1-9(10-4-5-12(22-3)11(15)8-10)21-13(19-2)20-7-6-14(16,17)18;/h4-5,8-9H,6-7H2,1-3H3,(H2,19,20,21);1H. The summed E-state index contributed by atoms with van der Waals surface area (Å²) in [7, 11) is 2.82. The molecule has 0 heterocycles. The van der Waals surface area contributed by atoms with E-state index in [9.17, 15) is 17.6 Å². The van der Waals surface area contributed by atoms with Gasteiger partial charge in [0.05, 0.1) is 19.6 Å². The van der Waals surface area contributed by atoms with Gasteiger partial charge in [0.25, 0.3) is 0 Å². The summed E-state index contributed by atoms with van der Waals surface area (Å²) in [6, 6.07) is 4.13. The van der Waals surface area contributed by atoms with Gasteiger partial charge in [-0.05, 0) is 24.6 Å². The van der Waals surface area contributed by atoms with E-state index < -0.39 is 18.4 Å². The lowest BCUT2D eigenvalue weighted by atomic mass is 10.1. The number of nitrogens with one attached hydrogen (secondary N) is 2. The maximum absolute atomic E-state index is 13.6. The van der Waals surface area contributed by atoms with Crippen LogP contribution in [0.15, 0.2) is 23.2 Å². The zero-order chi connectivity index (χ0) is 16.8. The third kappa shape index (κ3) is 7.71. The van der Waals surface area contributed by atoms with Crippen LogP contribution in [0.3, 0.4) is 0 Å². The van der Waals surface area contributed by atoms with Gasteiger partial charge in [-0.2, -0.15) is 13.2 Å². The molecule has 0 saturated heterocycles. The van der Waals surface area contributed by atoms with Gasteiger partial charge in [0.2, 0.25) is 0 Å². The van der Waals surface area contributed by atoms with E-state index in [1.165, 1.54) is 26.3 Å². The van der Waals surface area contributed by atoms with Crippen molar-refractivity contribution in [3.8, 4) is 5.75 Å². The van der Waals surface area contributed by atoms with Crippen LogP contribution >= 0.6 is 24.0 Å². The molecule has 0 spiro atoms. The van der Waals surface area contributed by atoms with E-state index in [1.807, 2.05) is 0 Å². The van der Waals surface area contributed by atoms with Crippen molar-refractivity contribution in [1.29, 1.82) is 0 Å². The van der Waals surface area contributed by atoms with Crippen LogP contribution in [0.2, 0.25) is 0 Å². The van der Waals surface area contributed by atoms with Gasteiger partial charge in [0.15, 0.2) is 17.5 Å². The third-order valence-corrected chi connectivity index (χ3v) is 2.95. The molecule has 2 N–H and O–H groups in total. The second-order valence-corrected chi connectivity index (χ2v) is 4.62. The van der Waals surface area contributed by atoms with E-state index in [2.05, 4.69) is 15.6 Å². The molecule has 0 amide bonds. The molecule has 132 valence electrons. The van der Waals surface area contributed by atoms with Crippen molar-refractivity contribution in [1.82, 2.24) is 10.6 Å². The number of methoxy groups -OCH3 is 1. The number of nitrogens with zero attached hydrogens (tertiary/aromatic N) is 1. The lowest BCUT2D eigenvalue weighted by Gasteiger charge is -2.19. The zero-order valence-corrected chi connectivity index (χ0v) is 15.3. The van der Waals surface area contributed by atoms with E-state index >= 15 is 0 Å². The average Bonchev–Trinajstić information content (AvgIpc) is 2.44. The molecule has 0 radical (unpaired) electrons. The Morgan fingerprint density at radius 3 is 2.48 bits per heavy atom. The largest absolute Gasteiger partial charge is 0.494 e. The van der Waals surface area contributed by atoms with Crippen LogP contribution in [0, 0.1) is 5.82 Å². The number of guanidine groups is 1. The SMILES string of the molecule is CN=C(NCCC(F)(F)F)NC(C)c1ccc(OC)c(F)c1.I. The Labute approximate surface area is 149 Å². The predicted molar refractivity (Wildman–Crippen MR) is 92.0 cm³/mol. The summed E-state index contributed by atoms with van der Waals surface area (Å²) in [5, 5.41) is 5.46. The topological polar surface area (TPSA) is 45.7 Å². The Bertz CT molecular complexity index is 523. The highest BCUT2D eigenvalue weighted by atomic mass is 127. The van der Waals surface area contributed by atoms with Gasteiger partial charge in [-0.1, -0.05) is 6.07 Å². The van der Waals surface area contributed by atoms with Crippen LogP contribution in [-0.2, 0) is 0 Å². The van der Waals surface area contributed by atoms with Crippen molar-refractivity contribution in [3.63, 3.8) is 0 Å². The van der Waals surface area contributed by atoms with Crippen molar-refractivity contribution in [2.24, 2.45) is 4.99 Å². The second-order valence-electron chi connectivity index (χ2n) is 4.62. The van der Waals surface area contributed by atoms with Crippen LogP contribution in [0.1, 0.15) is 24.9 Å². The fourth-order valence-electron chi connectivity index (χ4n) is 1.76. The molecule has 0 aliphatic rings. The van der Waals surface area contributed by atoms with Gasteiger partial charge in [-0.3, -0.25) is 4.99 Å². The van der Waals surface area contributed by atoms with Crippen molar-refractivity contribution in [3.05, 3.63) is 29.6 Å². The van der Waals surface area contributed by atoms with Crippen LogP contribution in [-0.4, -0.2) is 32.8 Å². The summed E-state index contributed by atoms with van der Waals surface area (Å²) in [5.41, 5.74) is 0.622. The van der Waals surface area contributed by atoms with Gasteiger partial charge < -0.3 is 15.4 Å². The number of benzene rings is 1. The first-order valence-electron chi connectivity index (χ1n) is 6.64. The molecule has 0 aromatic heterocycles. The molecule has 0 saturated carbocycles. The summed E-state index contributed by atoms with van der Waals surface area (Å²) < 4.78 is 54.8. The number of aliphatic imine (C=N–C) groups is 1. The Morgan fingerprint density at radius 2 is 2.00 bits per heavy atom. The molecule has 1 unspecified atom stereocenters. The van der Waals surface area contributed by atoms with E-state index in [0.29, 0.717) is 5.56 Å². The zero-order valence-electron chi connectivity index (χ0n) is 13.0. The fourth-order valence-corrected chi connectivity index (χ4v) is 1.76. The second kappa shape index (κ2) is 9.78. The molecule has 1 atom stereocenters. The van der Waals surface area contributed by atoms with Crippen LogP contribution in [0.4, 0.5) is 17.6 Å². The summed E-state index contributed by atoms with van der Waals surface area (Å²) in [5.74, 6) is -0.162. The highest BCUT2D eigenvalue weighted by molar-refractivity contribution is 14.0. The average molecular weight is 449 g/mol. The minimum Gasteiger partial charge on any atom is -0.494 e. The molecule has 1 rings (SSSR count). The molecule has 1 aromatic carbocycles. The Balaban J connectivity index is 0.00000484. The monoisotopic (exact) mass is 449 g/mol. The summed E-state index contributed by atoms with van der Waals surface area (Å²) in [6.07, 6.45) is -5.18. The molecule has 4 nitrogen and oxygen atoms in total. The van der Waals surface area contributed by atoms with Crippen LogP contribution < -0.4 is 15.4 Å². The maximum atomic E-state index is 13.6. The molecule has 0 aliphatic heterocycles. The molecule has 0 aliphatic carbocycles. The number of hydrogen-bond donors (Lipinski definition) is 2. The first-order valence-corrected chi connectivity index (χ1v) is 6.64. The summed E-state index contributed by atoms with van der Waals surface area (Å²) in [6.45, 7) is 1.46. The number of halogens is 5. The highest BCUT2D eigenvalue weighted by Gasteiger charge is 2.26. The van der Waals surface area contributed by atoms with Crippen LogP contribution in [0.5, 0.6) is 5.75 Å². The highest BCUT2D eigenvalue weighted by Crippen LogP contribution is 2.21. The molecule has 9 heteroatoms. The first kappa shape index (κ1) is 21.7. The minimum absolute atomic E-state index is 0. The number of alkyl halides is 3. The van der Waals surface area contributed by atoms with Crippen molar-refractivity contribution < 1.29 is 22.3 Å². The predicted octanol–water partition coefficient (Wildman–Crippen LogP) is 3.63. The number of rotatable bonds is 5. The first-order chi connectivity index (χ1) is 10.3. The van der Waals surface area contributed by atoms with Crippen molar-refractivity contribution >= 4 is 29.9 Å². The van der Waals surface area contributed by atoms with Gasteiger partial charge in [0.1, 0.15) is 0 Å². The number of ether oxygens (including phenoxy) is 1. The lowest BCUT2D eigenvalue weighted by Crippen LogP contribution is -2.40. The maximum Gasteiger partial charge on any atom is 0.390 e. The smallest absolute Gasteiger partial charge is 0.390 e. The molecule has 0 fully saturated rings.